The Morgan fingerprint density at radius 2 is 1.81 bits per heavy atom. The number of rotatable bonds is 6. The number of ether oxygens (including phenoxy) is 1. The molecule has 3 aromatic rings. The van der Waals surface area contributed by atoms with E-state index in [0.717, 1.165) is 16.1 Å². The minimum atomic E-state index is -0.397. The molecular weight excluding hydrogens is 362 g/mol. The Hall–Kier alpha value is -3.32. The Kier molecular flexibility index (Phi) is 6.06. The van der Waals surface area contributed by atoms with E-state index in [4.69, 9.17) is 0 Å². The number of methoxy groups -OCH3 is 1. The molecule has 0 atom stereocenters. The average molecular weight is 379 g/mol. The molecule has 0 radical (unpaired) electrons. The molecule has 1 heterocycles. The second-order valence-electron chi connectivity index (χ2n) is 5.60. The highest BCUT2D eigenvalue weighted by Crippen LogP contribution is 2.18. The molecule has 7 heteroatoms. The van der Waals surface area contributed by atoms with Crippen LogP contribution in [-0.4, -0.2) is 29.2 Å². The highest BCUT2D eigenvalue weighted by molar-refractivity contribution is 7.15. The summed E-state index contributed by atoms with van der Waals surface area (Å²) in [7, 11) is 1.33. The number of nitrogens with zero attached hydrogens (tertiary/aromatic N) is 2. The molecule has 0 unspecified atom stereocenters. The van der Waals surface area contributed by atoms with Gasteiger partial charge in [0.1, 0.15) is 5.01 Å². The monoisotopic (exact) mass is 379 g/mol. The van der Waals surface area contributed by atoms with Crippen LogP contribution in [0.2, 0.25) is 0 Å². The van der Waals surface area contributed by atoms with E-state index in [1.54, 1.807) is 30.3 Å². The van der Waals surface area contributed by atoms with Crippen molar-refractivity contribution in [3.05, 3.63) is 82.4 Å². The van der Waals surface area contributed by atoms with Gasteiger partial charge in [0.2, 0.25) is 11.0 Å². The van der Waals surface area contributed by atoms with Crippen molar-refractivity contribution in [2.24, 2.45) is 0 Å². The van der Waals surface area contributed by atoms with Crippen molar-refractivity contribution < 1.29 is 14.3 Å². The summed E-state index contributed by atoms with van der Waals surface area (Å²) in [5, 5.41) is 12.1. The van der Waals surface area contributed by atoms with Gasteiger partial charge >= 0.3 is 5.97 Å². The van der Waals surface area contributed by atoms with Crippen LogP contribution in [-0.2, 0) is 16.0 Å². The summed E-state index contributed by atoms with van der Waals surface area (Å²) in [5.74, 6) is -0.694. The maximum Gasteiger partial charge on any atom is 0.337 e. The van der Waals surface area contributed by atoms with Crippen LogP contribution in [0.5, 0.6) is 0 Å². The van der Waals surface area contributed by atoms with Gasteiger partial charge in [0.15, 0.2) is 0 Å². The molecule has 0 aliphatic heterocycles. The number of anilines is 1. The number of nitrogens with one attached hydrogen (secondary N) is 1. The van der Waals surface area contributed by atoms with Gasteiger partial charge in [0.25, 0.3) is 0 Å². The van der Waals surface area contributed by atoms with Gasteiger partial charge in [-0.1, -0.05) is 53.8 Å². The lowest BCUT2D eigenvalue weighted by molar-refractivity contribution is -0.111. The first-order valence-corrected chi connectivity index (χ1v) is 8.99. The van der Waals surface area contributed by atoms with Crippen molar-refractivity contribution in [2.75, 3.05) is 12.4 Å². The van der Waals surface area contributed by atoms with Crippen LogP contribution < -0.4 is 5.32 Å². The van der Waals surface area contributed by atoms with Gasteiger partial charge in [-0.05, 0) is 29.3 Å². The van der Waals surface area contributed by atoms with Crippen molar-refractivity contribution >= 4 is 34.4 Å². The quantitative estimate of drug-likeness (QED) is 0.523. The predicted molar refractivity (Wildman–Crippen MR) is 105 cm³/mol. The fourth-order valence-corrected chi connectivity index (χ4v) is 3.09. The molecule has 3 rings (SSSR count). The molecular formula is C20H17N3O3S. The summed E-state index contributed by atoms with van der Waals surface area (Å²) in [6, 6.07) is 16.7. The minimum absolute atomic E-state index is 0.297. The molecule has 0 spiro atoms. The zero-order chi connectivity index (χ0) is 19.1. The van der Waals surface area contributed by atoms with Gasteiger partial charge in [0, 0.05) is 12.5 Å². The van der Waals surface area contributed by atoms with Crippen LogP contribution in [0.15, 0.2) is 60.7 Å². The zero-order valence-electron chi connectivity index (χ0n) is 14.6. The molecule has 1 amide bonds. The van der Waals surface area contributed by atoms with E-state index in [-0.39, 0.29) is 5.91 Å². The molecule has 0 aliphatic rings. The van der Waals surface area contributed by atoms with Gasteiger partial charge in [-0.15, -0.1) is 10.2 Å². The lowest BCUT2D eigenvalue weighted by atomic mass is 10.1. The van der Waals surface area contributed by atoms with E-state index < -0.39 is 5.97 Å². The number of carbonyl (C=O) groups is 2. The fourth-order valence-electron chi connectivity index (χ4n) is 2.31. The molecule has 1 aromatic heterocycles. The molecule has 0 aliphatic carbocycles. The molecule has 0 saturated carbocycles. The molecule has 0 fully saturated rings. The Labute approximate surface area is 160 Å². The Morgan fingerprint density at radius 3 is 2.52 bits per heavy atom. The van der Waals surface area contributed by atoms with Gasteiger partial charge in [-0.25, -0.2) is 4.79 Å². The van der Waals surface area contributed by atoms with Crippen molar-refractivity contribution in [1.82, 2.24) is 10.2 Å². The summed E-state index contributed by atoms with van der Waals surface area (Å²) in [4.78, 5) is 23.4. The SMILES string of the molecule is COC(=O)c1ccc(/C=C/C(=O)Nc2nnc(Cc3ccccc3)s2)cc1. The van der Waals surface area contributed by atoms with Gasteiger partial charge in [-0.2, -0.15) is 0 Å². The molecule has 27 heavy (non-hydrogen) atoms. The highest BCUT2D eigenvalue weighted by Gasteiger charge is 2.07. The zero-order valence-corrected chi connectivity index (χ0v) is 15.4. The molecule has 0 bridgehead atoms. The summed E-state index contributed by atoms with van der Waals surface area (Å²) >= 11 is 1.35. The number of aromatic nitrogens is 2. The van der Waals surface area contributed by atoms with Crippen LogP contribution in [0, 0.1) is 0 Å². The number of amides is 1. The average Bonchev–Trinajstić information content (AvgIpc) is 3.13. The van der Waals surface area contributed by atoms with Crippen molar-refractivity contribution in [2.45, 2.75) is 6.42 Å². The Morgan fingerprint density at radius 1 is 1.07 bits per heavy atom. The third-order valence-corrected chi connectivity index (χ3v) is 4.49. The number of hydrogen-bond acceptors (Lipinski definition) is 6. The number of esters is 1. The van der Waals surface area contributed by atoms with Crippen LogP contribution in [0.25, 0.3) is 6.08 Å². The van der Waals surface area contributed by atoms with E-state index >= 15 is 0 Å². The van der Waals surface area contributed by atoms with Crippen molar-refractivity contribution in [3.63, 3.8) is 0 Å². The van der Waals surface area contributed by atoms with Gasteiger partial charge in [0.05, 0.1) is 12.7 Å². The van der Waals surface area contributed by atoms with E-state index in [2.05, 4.69) is 20.3 Å². The van der Waals surface area contributed by atoms with Crippen LogP contribution in [0.3, 0.4) is 0 Å². The summed E-state index contributed by atoms with van der Waals surface area (Å²) in [6.45, 7) is 0. The van der Waals surface area contributed by atoms with E-state index in [1.807, 2.05) is 30.3 Å². The fraction of sp³-hybridized carbons (Fsp3) is 0.100. The lowest BCUT2D eigenvalue weighted by Gasteiger charge is -1.99. The first-order chi connectivity index (χ1) is 13.1. The van der Waals surface area contributed by atoms with Gasteiger partial charge in [-0.3, -0.25) is 10.1 Å². The minimum Gasteiger partial charge on any atom is -0.465 e. The maximum absolute atomic E-state index is 12.0. The molecule has 136 valence electrons. The lowest BCUT2D eigenvalue weighted by Crippen LogP contribution is -2.07. The first-order valence-electron chi connectivity index (χ1n) is 8.18. The molecule has 6 nitrogen and oxygen atoms in total. The number of hydrogen-bond donors (Lipinski definition) is 1. The van der Waals surface area contributed by atoms with Crippen molar-refractivity contribution in [3.8, 4) is 0 Å². The van der Waals surface area contributed by atoms with E-state index in [0.29, 0.717) is 17.1 Å². The number of benzene rings is 2. The van der Waals surface area contributed by atoms with E-state index in [1.165, 1.54) is 24.5 Å². The standard InChI is InChI=1S/C20H17N3O3S/c1-26-19(25)16-10-7-14(8-11-16)9-12-17(24)21-20-23-22-18(27-20)13-15-5-3-2-4-6-15/h2-12H,13H2,1H3,(H,21,23,24)/b12-9+. The molecule has 1 N–H and O–H groups in total. The second kappa shape index (κ2) is 8.86. The third-order valence-electron chi connectivity index (χ3n) is 3.65. The predicted octanol–water partition coefficient (Wildman–Crippen LogP) is 3.57. The smallest absolute Gasteiger partial charge is 0.337 e. The van der Waals surface area contributed by atoms with Crippen LogP contribution >= 0.6 is 11.3 Å². The summed E-state index contributed by atoms with van der Waals surface area (Å²) < 4.78 is 4.65. The Balaban J connectivity index is 1.56. The maximum atomic E-state index is 12.0. The normalized spacial score (nSPS) is 10.7. The second-order valence-corrected chi connectivity index (χ2v) is 6.66. The van der Waals surface area contributed by atoms with E-state index in [9.17, 15) is 9.59 Å². The summed E-state index contributed by atoms with van der Waals surface area (Å²) in [6.07, 6.45) is 3.74. The number of carbonyl (C=O) groups excluding carboxylic acids is 2. The van der Waals surface area contributed by atoms with Crippen LogP contribution in [0.1, 0.15) is 26.5 Å². The topological polar surface area (TPSA) is 81.2 Å². The molecule has 0 saturated heterocycles. The third kappa shape index (κ3) is 5.32. The largest absolute Gasteiger partial charge is 0.465 e. The van der Waals surface area contributed by atoms with Crippen molar-refractivity contribution in [1.29, 1.82) is 0 Å². The highest BCUT2D eigenvalue weighted by atomic mass is 32.1. The Bertz CT molecular complexity index is 950. The van der Waals surface area contributed by atoms with Crippen LogP contribution in [0.4, 0.5) is 5.13 Å². The van der Waals surface area contributed by atoms with Gasteiger partial charge < -0.3 is 4.74 Å². The molecule has 2 aromatic carbocycles. The summed E-state index contributed by atoms with van der Waals surface area (Å²) in [5.41, 5.74) is 2.39. The first kappa shape index (κ1) is 18.5.